The molecule has 1 saturated heterocycles. The third-order valence-electron chi connectivity index (χ3n) is 4.98. The van der Waals surface area contributed by atoms with E-state index in [1.54, 1.807) is 18.2 Å². The molecule has 2 aromatic rings. The maximum Gasteiger partial charge on any atom is 0.303 e. The van der Waals surface area contributed by atoms with Crippen LogP contribution in [0.15, 0.2) is 41.4 Å². The van der Waals surface area contributed by atoms with Gasteiger partial charge in [-0.05, 0) is 16.3 Å². The predicted molar refractivity (Wildman–Crippen MR) is 121 cm³/mol. The summed E-state index contributed by atoms with van der Waals surface area (Å²) in [6.45, 7) is 3.03. The number of nitrogens with zero attached hydrogens (tertiary/aromatic N) is 1. The van der Waals surface area contributed by atoms with Crippen molar-refractivity contribution in [3.05, 3.63) is 42.0 Å². The van der Waals surface area contributed by atoms with Gasteiger partial charge in [0.15, 0.2) is 12.2 Å². The van der Waals surface area contributed by atoms with Gasteiger partial charge in [-0.2, -0.15) is 0 Å². The van der Waals surface area contributed by atoms with E-state index in [1.807, 2.05) is 12.1 Å². The van der Waals surface area contributed by atoms with E-state index in [2.05, 4.69) is 4.99 Å². The third-order valence-corrected chi connectivity index (χ3v) is 4.98. The Morgan fingerprint density at radius 2 is 1.55 bits per heavy atom. The Bertz CT molecular complexity index is 1080. The minimum atomic E-state index is -1.86. The second-order valence-electron chi connectivity index (χ2n) is 7.46. The van der Waals surface area contributed by atoms with E-state index in [-0.39, 0.29) is 43.3 Å². The van der Waals surface area contributed by atoms with Gasteiger partial charge in [-0.1, -0.05) is 42.1 Å². The Morgan fingerprint density at radius 1 is 0.974 bits per heavy atom. The molecule has 2 aromatic carbocycles. The first-order chi connectivity index (χ1) is 16.7. The molecule has 0 saturated carbocycles. The smallest absolute Gasteiger partial charge is 0.303 e. The van der Waals surface area contributed by atoms with Gasteiger partial charge in [0.2, 0.25) is 0 Å². The second-order valence-corrected chi connectivity index (χ2v) is 7.46. The van der Waals surface area contributed by atoms with Crippen molar-refractivity contribution in [1.29, 1.82) is 0 Å². The van der Waals surface area contributed by atoms with Crippen molar-refractivity contribution in [3.8, 4) is 5.75 Å². The van der Waals surface area contributed by atoms with Gasteiger partial charge in [0.25, 0.3) is 0 Å². The second kappa shape index (κ2) is 17.6. The number of carbonyl (C=O) groups is 3. The zero-order valence-corrected chi connectivity index (χ0v) is 22.9. The van der Waals surface area contributed by atoms with Gasteiger partial charge in [-0.15, -0.1) is 0 Å². The molecule has 13 nitrogen and oxygen atoms in total. The van der Waals surface area contributed by atoms with Gasteiger partial charge >= 0.3 is 17.9 Å². The zero-order valence-electron chi connectivity index (χ0n) is 20.9. The van der Waals surface area contributed by atoms with Gasteiger partial charge in [0.05, 0.1) is 0 Å². The molecule has 1 fully saturated rings. The van der Waals surface area contributed by atoms with Crippen LogP contribution in [0.5, 0.6) is 5.75 Å². The van der Waals surface area contributed by atoms with Gasteiger partial charge in [-0.3, -0.25) is 19.4 Å². The molecule has 1 aliphatic heterocycles. The van der Waals surface area contributed by atoms with Crippen molar-refractivity contribution in [1.82, 2.24) is 0 Å². The maximum absolute atomic E-state index is 12.8. The Kier molecular flexibility index (Phi) is 17.2. The number of hydrogen-bond acceptors (Lipinski definition) is 11. The molecule has 5 atom stereocenters. The summed E-state index contributed by atoms with van der Waals surface area (Å²) in [5.41, 5.74) is 0.243. The molecular formula is C24H27MoNO12-6. The number of aliphatic hydroxyl groups is 1. The molecule has 1 aliphatic rings. The molecule has 14 heteroatoms. The first-order valence-electron chi connectivity index (χ1n) is 10.6. The summed E-state index contributed by atoms with van der Waals surface area (Å²) < 4.78 is 20.9. The molecule has 0 radical (unpaired) electrons. The molecule has 0 bridgehead atoms. The van der Waals surface area contributed by atoms with Crippen molar-refractivity contribution in [2.45, 2.75) is 51.4 Å². The van der Waals surface area contributed by atoms with Crippen molar-refractivity contribution >= 4 is 34.9 Å². The summed E-state index contributed by atoms with van der Waals surface area (Å²) in [7, 11) is 1.00. The third kappa shape index (κ3) is 9.75. The number of aliphatic imine (C=N–C) groups is 1. The largest absolute Gasteiger partial charge is 2.00 e. The first kappa shape index (κ1) is 37.2. The molecule has 212 valence electrons. The molecule has 1 N–H and O–H groups in total. The predicted octanol–water partition coefficient (Wildman–Crippen LogP) is -0.419. The number of esters is 3. The van der Waals surface area contributed by atoms with Crippen molar-refractivity contribution < 1.29 is 80.7 Å². The average molecular weight is 617 g/mol. The van der Waals surface area contributed by atoms with E-state index < -0.39 is 55.2 Å². The number of hydrogen-bond donors (Lipinski definition) is 1. The fraction of sp³-hybridized carbons (Fsp3) is 0.417. The maximum atomic E-state index is 12.8. The summed E-state index contributed by atoms with van der Waals surface area (Å²) in [5, 5.41) is 33.7. The van der Waals surface area contributed by atoms with Gasteiger partial charge in [0.1, 0.15) is 18.8 Å². The van der Waals surface area contributed by atoms with Crippen LogP contribution in [-0.4, -0.2) is 73.6 Å². The summed E-state index contributed by atoms with van der Waals surface area (Å²) >= 11 is 0. The van der Waals surface area contributed by atoms with E-state index in [0.29, 0.717) is 5.39 Å². The van der Waals surface area contributed by atoms with Crippen LogP contribution < -0.4 is 10.2 Å². The van der Waals surface area contributed by atoms with Crippen LogP contribution >= 0.6 is 0 Å². The minimum absolute atomic E-state index is 0. The standard InChI is InChI=1S/C23H24NO9.CH4O.Mo.2O/c1-12(25)30-11-19-21(31-13(2)26)22(32-14(3)27)20(23(29)33-19)24-10-17-16-7-5-4-6-15(16)8-9-18(17)28;1-2;;;/h4-10,19-23,28H,11H2,1-3H3;2H,1H3;;;/q-1;;;2*-2/p-1/t19-,20-,21-,22-,23+;;;;/m1..../s1. The minimum Gasteiger partial charge on any atom is -2.00 e. The first-order valence-corrected chi connectivity index (χ1v) is 10.6. The van der Waals surface area contributed by atoms with Gasteiger partial charge in [-0.25, -0.2) is 0 Å². The summed E-state index contributed by atoms with van der Waals surface area (Å²) in [4.78, 5) is 38.9. The Hall–Kier alpha value is -2.93. The normalized spacial score (nSPS) is 21.9. The molecule has 0 unspecified atom stereocenters. The average Bonchev–Trinajstić information content (AvgIpc) is 2.81. The number of aliphatic hydroxyl groups excluding tert-OH is 1. The fourth-order valence-electron chi connectivity index (χ4n) is 3.61. The van der Waals surface area contributed by atoms with Crippen LogP contribution in [0, 0.1) is 0 Å². The summed E-state index contributed by atoms with van der Waals surface area (Å²) in [5.74, 6) is -2.42. The molecule has 0 amide bonds. The van der Waals surface area contributed by atoms with E-state index in [1.165, 1.54) is 19.2 Å². The number of fused-ring (bicyclic) bond motifs is 1. The SMILES string of the molecule is CC(=O)OC[C@H]1O[C@H]([O-])[C@H](N=Cc2c([O-])ccc3ccccc23)[C@@H](OC(C)=O)[C@@H]1OC(C)=O.CO.[Mo].[O-2].[O-2]. The number of benzene rings is 2. The van der Waals surface area contributed by atoms with Crippen molar-refractivity contribution in [2.75, 3.05) is 13.7 Å². The summed E-state index contributed by atoms with van der Waals surface area (Å²) in [6.07, 6.45) is -4.40. The van der Waals surface area contributed by atoms with E-state index in [0.717, 1.165) is 26.3 Å². The Balaban J connectivity index is 0. The van der Waals surface area contributed by atoms with E-state index in [9.17, 15) is 24.6 Å². The molecule has 0 aliphatic carbocycles. The number of ether oxygens (including phenoxy) is 4. The molecular weight excluding hydrogens is 590 g/mol. The summed E-state index contributed by atoms with van der Waals surface area (Å²) in [6, 6.07) is 8.86. The zero-order chi connectivity index (χ0) is 26.1. The fourth-order valence-corrected chi connectivity index (χ4v) is 3.61. The van der Waals surface area contributed by atoms with Crippen LogP contribution in [0.4, 0.5) is 0 Å². The Morgan fingerprint density at radius 3 is 2.13 bits per heavy atom. The topological polar surface area (TPSA) is 224 Å². The van der Waals surface area contributed by atoms with Gasteiger partial charge < -0.3 is 45.2 Å². The van der Waals surface area contributed by atoms with Crippen LogP contribution in [0.25, 0.3) is 10.8 Å². The monoisotopic (exact) mass is 619 g/mol. The van der Waals surface area contributed by atoms with Crippen LogP contribution in [0.3, 0.4) is 0 Å². The van der Waals surface area contributed by atoms with Crippen LogP contribution in [0.1, 0.15) is 26.3 Å². The van der Waals surface area contributed by atoms with Gasteiger partial charge in [0, 0.05) is 61.5 Å². The molecule has 3 rings (SSSR count). The number of carbonyl (C=O) groups excluding carboxylic acids is 3. The van der Waals surface area contributed by atoms with Crippen LogP contribution in [0.2, 0.25) is 0 Å². The number of rotatable bonds is 6. The van der Waals surface area contributed by atoms with E-state index >= 15 is 0 Å². The Labute approximate surface area is 233 Å². The van der Waals surface area contributed by atoms with Crippen molar-refractivity contribution in [2.24, 2.45) is 4.99 Å². The van der Waals surface area contributed by atoms with Crippen LogP contribution in [-0.2, 0) is 65.3 Å². The molecule has 1 heterocycles. The van der Waals surface area contributed by atoms with Crippen molar-refractivity contribution in [3.63, 3.8) is 0 Å². The molecule has 0 aromatic heterocycles. The quantitative estimate of drug-likeness (QED) is 0.191. The molecule has 38 heavy (non-hydrogen) atoms. The van der Waals surface area contributed by atoms with E-state index in [4.69, 9.17) is 24.1 Å². The molecule has 0 spiro atoms.